The molecule has 2 N–H and O–H groups in total. The second-order valence-electron chi connectivity index (χ2n) is 5.24. The van der Waals surface area contributed by atoms with E-state index in [-0.39, 0.29) is 5.91 Å². The fourth-order valence-corrected chi connectivity index (χ4v) is 2.16. The molecule has 0 saturated carbocycles. The first-order valence-electron chi connectivity index (χ1n) is 7.33. The van der Waals surface area contributed by atoms with Crippen molar-refractivity contribution in [2.45, 2.75) is 32.7 Å². The number of aromatic nitrogens is 1. The highest BCUT2D eigenvalue weighted by atomic mass is 79.9. The van der Waals surface area contributed by atoms with Gasteiger partial charge in [0.15, 0.2) is 0 Å². The van der Waals surface area contributed by atoms with Gasteiger partial charge in [-0.05, 0) is 43.2 Å². The number of amides is 1. The Kier molecular flexibility index (Phi) is 5.95. The summed E-state index contributed by atoms with van der Waals surface area (Å²) in [5.41, 5.74) is 1.68. The molecule has 1 amide bonds. The molecule has 1 atom stereocenters. The van der Waals surface area contributed by atoms with Crippen molar-refractivity contribution in [1.82, 2.24) is 4.98 Å². The summed E-state index contributed by atoms with van der Waals surface area (Å²) < 4.78 is 1.00. The van der Waals surface area contributed by atoms with E-state index in [1.54, 1.807) is 6.20 Å². The lowest BCUT2D eigenvalue weighted by atomic mass is 10.1. The fourth-order valence-electron chi connectivity index (χ4n) is 1.90. The third kappa shape index (κ3) is 5.15. The number of nitrogens with one attached hydrogen (secondary N) is 2. The van der Waals surface area contributed by atoms with Crippen molar-refractivity contribution in [3.05, 3.63) is 52.6 Å². The van der Waals surface area contributed by atoms with Crippen LogP contribution in [0, 0.1) is 0 Å². The zero-order valence-electron chi connectivity index (χ0n) is 12.8. The van der Waals surface area contributed by atoms with Gasteiger partial charge in [-0.25, -0.2) is 4.98 Å². The van der Waals surface area contributed by atoms with Crippen LogP contribution in [-0.4, -0.2) is 16.9 Å². The predicted molar refractivity (Wildman–Crippen MR) is 94.1 cm³/mol. The van der Waals surface area contributed by atoms with Crippen LogP contribution < -0.4 is 10.6 Å². The number of nitrogens with zero attached hydrogens (tertiary/aromatic N) is 1. The van der Waals surface area contributed by atoms with Crippen LogP contribution in [0.25, 0.3) is 0 Å². The Labute approximate surface area is 139 Å². The van der Waals surface area contributed by atoms with Gasteiger partial charge in [-0.2, -0.15) is 0 Å². The molecule has 0 fully saturated rings. The van der Waals surface area contributed by atoms with Crippen molar-refractivity contribution >= 4 is 33.3 Å². The molecule has 2 aromatic rings. The van der Waals surface area contributed by atoms with Gasteiger partial charge in [0.1, 0.15) is 5.82 Å². The highest BCUT2D eigenvalue weighted by Gasteiger charge is 2.05. The molecule has 0 radical (unpaired) electrons. The minimum Gasteiger partial charge on any atom is -0.368 e. The first kappa shape index (κ1) is 16.5. The summed E-state index contributed by atoms with van der Waals surface area (Å²) in [6.45, 7) is 4.23. The molecule has 0 aliphatic heterocycles. The maximum absolute atomic E-state index is 12.0. The second-order valence-corrected chi connectivity index (χ2v) is 6.15. The lowest BCUT2D eigenvalue weighted by Gasteiger charge is -2.12. The monoisotopic (exact) mass is 361 g/mol. The maximum Gasteiger partial charge on any atom is 0.228 e. The van der Waals surface area contributed by atoms with Crippen LogP contribution in [0.4, 0.5) is 11.5 Å². The topological polar surface area (TPSA) is 54.0 Å². The summed E-state index contributed by atoms with van der Waals surface area (Å²) in [5.74, 6) is 0.770. The van der Waals surface area contributed by atoms with Crippen LogP contribution in [-0.2, 0) is 11.2 Å². The number of hydrogen-bond donors (Lipinski definition) is 2. The standard InChI is InChI=1S/C17H20BrN3O/c1-3-12(2)20-16-9-8-15(11-19-16)21-17(22)10-13-4-6-14(18)7-5-13/h4-9,11-12H,3,10H2,1-2H3,(H,19,20)(H,21,22). The van der Waals surface area contributed by atoms with E-state index in [2.05, 4.69) is 45.4 Å². The van der Waals surface area contributed by atoms with E-state index in [1.807, 2.05) is 36.4 Å². The van der Waals surface area contributed by atoms with Crippen molar-refractivity contribution in [2.75, 3.05) is 10.6 Å². The van der Waals surface area contributed by atoms with Crippen molar-refractivity contribution < 1.29 is 4.79 Å². The molecule has 116 valence electrons. The van der Waals surface area contributed by atoms with Crippen LogP contribution in [0.3, 0.4) is 0 Å². The first-order chi connectivity index (χ1) is 10.6. The highest BCUT2D eigenvalue weighted by Crippen LogP contribution is 2.13. The molecular formula is C17H20BrN3O. The number of carbonyl (C=O) groups excluding carboxylic acids is 1. The highest BCUT2D eigenvalue weighted by molar-refractivity contribution is 9.10. The lowest BCUT2D eigenvalue weighted by Crippen LogP contribution is -2.16. The second kappa shape index (κ2) is 7.94. The van der Waals surface area contributed by atoms with Gasteiger partial charge < -0.3 is 10.6 Å². The molecule has 1 unspecified atom stereocenters. The molecule has 0 bridgehead atoms. The van der Waals surface area contributed by atoms with Gasteiger partial charge in [-0.1, -0.05) is 35.0 Å². The Morgan fingerprint density at radius 1 is 1.23 bits per heavy atom. The van der Waals surface area contributed by atoms with E-state index >= 15 is 0 Å². The van der Waals surface area contributed by atoms with Crippen LogP contribution in [0.15, 0.2) is 47.1 Å². The summed E-state index contributed by atoms with van der Waals surface area (Å²) in [6.07, 6.45) is 3.05. The van der Waals surface area contributed by atoms with Crippen molar-refractivity contribution in [3.63, 3.8) is 0 Å². The van der Waals surface area contributed by atoms with Gasteiger partial charge in [-0.3, -0.25) is 4.79 Å². The minimum absolute atomic E-state index is 0.0493. The Balaban J connectivity index is 1.90. The summed E-state index contributed by atoms with van der Waals surface area (Å²) in [7, 11) is 0. The molecule has 1 aromatic carbocycles. The quantitative estimate of drug-likeness (QED) is 0.808. The number of pyridine rings is 1. The van der Waals surface area contributed by atoms with E-state index < -0.39 is 0 Å². The Morgan fingerprint density at radius 2 is 1.95 bits per heavy atom. The van der Waals surface area contributed by atoms with E-state index in [9.17, 15) is 4.79 Å². The largest absolute Gasteiger partial charge is 0.368 e. The molecular weight excluding hydrogens is 342 g/mol. The molecule has 2 rings (SSSR count). The van der Waals surface area contributed by atoms with Gasteiger partial charge in [0.2, 0.25) is 5.91 Å². The molecule has 5 heteroatoms. The molecule has 22 heavy (non-hydrogen) atoms. The molecule has 4 nitrogen and oxygen atoms in total. The van der Waals surface area contributed by atoms with Crippen LogP contribution in [0.1, 0.15) is 25.8 Å². The fraction of sp³-hybridized carbons (Fsp3) is 0.294. The number of halogens is 1. The van der Waals surface area contributed by atoms with Gasteiger partial charge in [0.25, 0.3) is 0 Å². The summed E-state index contributed by atoms with van der Waals surface area (Å²) in [6, 6.07) is 11.8. The van der Waals surface area contributed by atoms with Crippen LogP contribution >= 0.6 is 15.9 Å². The smallest absolute Gasteiger partial charge is 0.228 e. The lowest BCUT2D eigenvalue weighted by molar-refractivity contribution is -0.115. The number of rotatable bonds is 6. The number of benzene rings is 1. The molecule has 0 aliphatic rings. The van der Waals surface area contributed by atoms with E-state index in [4.69, 9.17) is 0 Å². The summed E-state index contributed by atoms with van der Waals surface area (Å²) in [5, 5.41) is 6.15. The third-order valence-electron chi connectivity index (χ3n) is 3.33. The SMILES string of the molecule is CCC(C)Nc1ccc(NC(=O)Cc2ccc(Br)cc2)cn1. The van der Waals surface area contributed by atoms with E-state index in [0.29, 0.717) is 18.2 Å². The zero-order chi connectivity index (χ0) is 15.9. The third-order valence-corrected chi connectivity index (χ3v) is 3.86. The van der Waals surface area contributed by atoms with Gasteiger partial charge in [-0.15, -0.1) is 0 Å². The predicted octanol–water partition coefficient (Wildman–Crippen LogP) is 4.24. The van der Waals surface area contributed by atoms with Gasteiger partial charge in [0.05, 0.1) is 18.3 Å². The Bertz CT molecular complexity index is 611. The molecule has 0 saturated heterocycles. The average Bonchev–Trinajstić information content (AvgIpc) is 2.51. The van der Waals surface area contributed by atoms with Crippen LogP contribution in [0.5, 0.6) is 0 Å². The zero-order valence-corrected chi connectivity index (χ0v) is 14.4. The van der Waals surface area contributed by atoms with E-state index in [1.165, 1.54) is 0 Å². The molecule has 0 spiro atoms. The summed E-state index contributed by atoms with van der Waals surface area (Å²) >= 11 is 3.38. The van der Waals surface area contributed by atoms with Crippen molar-refractivity contribution in [3.8, 4) is 0 Å². The Hall–Kier alpha value is -1.88. The number of anilines is 2. The average molecular weight is 362 g/mol. The van der Waals surface area contributed by atoms with Gasteiger partial charge in [0, 0.05) is 10.5 Å². The van der Waals surface area contributed by atoms with E-state index in [0.717, 1.165) is 22.3 Å². The number of carbonyl (C=O) groups is 1. The van der Waals surface area contributed by atoms with Crippen molar-refractivity contribution in [2.24, 2.45) is 0 Å². The molecule has 1 aromatic heterocycles. The van der Waals surface area contributed by atoms with Crippen LogP contribution in [0.2, 0.25) is 0 Å². The van der Waals surface area contributed by atoms with Gasteiger partial charge >= 0.3 is 0 Å². The maximum atomic E-state index is 12.0. The number of hydrogen-bond acceptors (Lipinski definition) is 3. The Morgan fingerprint density at radius 3 is 2.55 bits per heavy atom. The molecule has 0 aliphatic carbocycles. The molecule has 1 heterocycles. The first-order valence-corrected chi connectivity index (χ1v) is 8.13. The normalized spacial score (nSPS) is 11.8. The summed E-state index contributed by atoms with van der Waals surface area (Å²) in [4.78, 5) is 16.3. The van der Waals surface area contributed by atoms with Crippen molar-refractivity contribution in [1.29, 1.82) is 0 Å². The minimum atomic E-state index is -0.0493.